The molecular weight excluding hydrogens is 337 g/mol. The Hall–Kier alpha value is -2.95. The minimum absolute atomic E-state index is 0.176. The van der Waals surface area contributed by atoms with Gasteiger partial charge >= 0.3 is 0 Å². The molecule has 5 rings (SSSR count). The van der Waals surface area contributed by atoms with Crippen LogP contribution in [0, 0.1) is 17.5 Å². The van der Waals surface area contributed by atoms with Gasteiger partial charge in [0.05, 0.1) is 0 Å². The molecule has 0 N–H and O–H groups in total. The summed E-state index contributed by atoms with van der Waals surface area (Å²) in [6.45, 7) is 1.31. The van der Waals surface area contributed by atoms with E-state index in [-0.39, 0.29) is 6.17 Å². The molecule has 130 valence electrons. The van der Waals surface area contributed by atoms with Crippen LogP contribution in [0.1, 0.15) is 11.7 Å². The monoisotopic (exact) mass is 352 g/mol. The third kappa shape index (κ3) is 2.06. The van der Waals surface area contributed by atoms with E-state index in [1.54, 1.807) is 0 Å². The lowest BCUT2D eigenvalue weighted by molar-refractivity contribution is 0.446. The summed E-state index contributed by atoms with van der Waals surface area (Å²) in [6, 6.07) is 18.4. The molecule has 3 aromatic carbocycles. The van der Waals surface area contributed by atoms with Crippen LogP contribution in [-0.2, 0) is 0 Å². The van der Waals surface area contributed by atoms with E-state index in [0.717, 1.165) is 41.1 Å². The normalized spacial score (nSPS) is 17.7. The average Bonchev–Trinajstić information content (AvgIpc) is 3.11. The number of hydrogen-bond acceptors (Lipinski definition) is 2. The van der Waals surface area contributed by atoms with Crippen LogP contribution in [0.25, 0.3) is 11.1 Å². The first-order chi connectivity index (χ1) is 12.6. The van der Waals surface area contributed by atoms with E-state index in [2.05, 4.69) is 23.1 Å². The number of fused-ring (bicyclic) bond motifs is 6. The summed E-state index contributed by atoms with van der Waals surface area (Å²) in [6.07, 6.45) is -0.176. The molecule has 26 heavy (non-hydrogen) atoms. The van der Waals surface area contributed by atoms with Crippen molar-refractivity contribution in [3.05, 3.63) is 83.7 Å². The summed E-state index contributed by atoms with van der Waals surface area (Å²) in [5, 5.41) is 0. The first-order valence-electron chi connectivity index (χ1n) is 8.51. The molecule has 0 radical (unpaired) electrons. The van der Waals surface area contributed by atoms with Crippen LogP contribution in [0.4, 0.5) is 24.5 Å². The molecule has 2 aliphatic rings. The number of hydrogen-bond donors (Lipinski definition) is 0. The van der Waals surface area contributed by atoms with Crippen molar-refractivity contribution < 1.29 is 13.2 Å². The van der Waals surface area contributed by atoms with Gasteiger partial charge in [0.2, 0.25) is 0 Å². The smallest absolute Gasteiger partial charge is 0.194 e. The number of rotatable bonds is 1. The topological polar surface area (TPSA) is 6.48 Å². The fourth-order valence-corrected chi connectivity index (χ4v) is 4.11. The Bertz CT molecular complexity index is 995. The van der Waals surface area contributed by atoms with Gasteiger partial charge in [0.1, 0.15) is 6.17 Å². The zero-order valence-corrected chi connectivity index (χ0v) is 13.8. The van der Waals surface area contributed by atoms with Crippen LogP contribution < -0.4 is 9.80 Å². The Morgan fingerprint density at radius 1 is 0.731 bits per heavy atom. The lowest BCUT2D eigenvalue weighted by atomic mass is 9.91. The molecule has 0 saturated carbocycles. The molecule has 1 atom stereocenters. The Morgan fingerprint density at radius 3 is 2.12 bits per heavy atom. The second kappa shape index (κ2) is 5.53. The Morgan fingerprint density at radius 2 is 1.35 bits per heavy atom. The molecule has 2 aliphatic heterocycles. The summed E-state index contributed by atoms with van der Waals surface area (Å²) in [5.41, 5.74) is 4.79. The zero-order valence-electron chi connectivity index (χ0n) is 13.8. The van der Waals surface area contributed by atoms with Gasteiger partial charge in [0.25, 0.3) is 0 Å². The molecule has 5 heteroatoms. The third-order valence-corrected chi connectivity index (χ3v) is 5.22. The van der Waals surface area contributed by atoms with E-state index in [4.69, 9.17) is 0 Å². The van der Waals surface area contributed by atoms with Crippen LogP contribution in [-0.4, -0.2) is 13.1 Å². The third-order valence-electron chi connectivity index (χ3n) is 5.22. The lowest BCUT2D eigenvalue weighted by Gasteiger charge is -2.39. The van der Waals surface area contributed by atoms with Crippen molar-refractivity contribution >= 4 is 11.4 Å². The summed E-state index contributed by atoms with van der Waals surface area (Å²) in [5.74, 6) is -3.76. The Kier molecular flexibility index (Phi) is 3.26. The van der Waals surface area contributed by atoms with E-state index >= 15 is 0 Å². The maximum Gasteiger partial charge on any atom is 0.194 e. The van der Waals surface area contributed by atoms with Gasteiger partial charge in [0, 0.05) is 47.7 Å². The van der Waals surface area contributed by atoms with Crippen LogP contribution in [0.15, 0.2) is 60.7 Å². The maximum absolute atomic E-state index is 13.8. The largest absolute Gasteiger partial charge is 0.345 e. The van der Waals surface area contributed by atoms with Crippen molar-refractivity contribution in [2.45, 2.75) is 6.17 Å². The molecule has 1 fully saturated rings. The van der Waals surface area contributed by atoms with Gasteiger partial charge in [-0.2, -0.15) is 0 Å². The van der Waals surface area contributed by atoms with Crippen molar-refractivity contribution in [1.29, 1.82) is 0 Å². The second-order valence-electron chi connectivity index (χ2n) is 6.59. The van der Waals surface area contributed by atoms with Gasteiger partial charge in [-0.25, -0.2) is 13.2 Å². The van der Waals surface area contributed by atoms with Crippen molar-refractivity contribution in [2.24, 2.45) is 0 Å². The number of halogens is 3. The molecule has 0 spiro atoms. The number of benzene rings is 3. The highest BCUT2D eigenvalue weighted by Crippen LogP contribution is 2.48. The molecule has 2 nitrogen and oxygen atoms in total. The highest BCUT2D eigenvalue weighted by atomic mass is 19.2. The summed E-state index contributed by atoms with van der Waals surface area (Å²) in [7, 11) is 0. The molecule has 3 aromatic rings. The molecule has 0 bridgehead atoms. The average molecular weight is 352 g/mol. The van der Waals surface area contributed by atoms with Crippen LogP contribution >= 0.6 is 0 Å². The number of nitrogens with zero attached hydrogens (tertiary/aromatic N) is 2. The SMILES string of the molecule is Fc1cc(N2CCN3c4ccccc4-c4ccccc4C23)cc(F)c1F. The van der Waals surface area contributed by atoms with Gasteiger partial charge < -0.3 is 9.80 Å². The molecule has 1 saturated heterocycles. The van der Waals surface area contributed by atoms with Crippen LogP contribution in [0.3, 0.4) is 0 Å². The Balaban J connectivity index is 1.69. The molecular formula is C21H15F3N2. The number of anilines is 2. The van der Waals surface area contributed by atoms with Crippen molar-refractivity contribution in [1.82, 2.24) is 0 Å². The highest BCUT2D eigenvalue weighted by molar-refractivity contribution is 5.86. The molecule has 1 unspecified atom stereocenters. The quantitative estimate of drug-likeness (QED) is 0.562. The van der Waals surface area contributed by atoms with Crippen molar-refractivity contribution in [3.8, 4) is 11.1 Å². The summed E-state index contributed by atoms with van der Waals surface area (Å²) >= 11 is 0. The van der Waals surface area contributed by atoms with Gasteiger partial charge in [-0.15, -0.1) is 0 Å². The summed E-state index contributed by atoms with van der Waals surface area (Å²) in [4.78, 5) is 4.16. The minimum atomic E-state index is -1.43. The van der Waals surface area contributed by atoms with E-state index in [1.165, 1.54) is 0 Å². The molecule has 2 heterocycles. The Labute approximate surface area is 149 Å². The first kappa shape index (κ1) is 15.3. The van der Waals surface area contributed by atoms with Crippen molar-refractivity contribution in [2.75, 3.05) is 22.9 Å². The molecule has 0 aliphatic carbocycles. The predicted molar refractivity (Wildman–Crippen MR) is 95.6 cm³/mol. The minimum Gasteiger partial charge on any atom is -0.345 e. The van der Waals surface area contributed by atoms with Crippen molar-refractivity contribution in [3.63, 3.8) is 0 Å². The lowest BCUT2D eigenvalue weighted by Crippen LogP contribution is -2.34. The zero-order chi connectivity index (χ0) is 17.8. The second-order valence-corrected chi connectivity index (χ2v) is 6.59. The van der Waals surface area contributed by atoms with Gasteiger partial charge in [-0.3, -0.25) is 0 Å². The maximum atomic E-state index is 13.8. The fourth-order valence-electron chi connectivity index (χ4n) is 4.11. The fraction of sp³-hybridized carbons (Fsp3) is 0.143. The van der Waals surface area contributed by atoms with Gasteiger partial charge in [-0.05, 0) is 11.6 Å². The van der Waals surface area contributed by atoms with E-state index < -0.39 is 17.5 Å². The van der Waals surface area contributed by atoms with E-state index in [0.29, 0.717) is 12.2 Å². The standard InChI is InChI=1S/C21H15F3N2/c22-17-11-13(12-18(23)20(17)24)25-9-10-26-19-8-4-3-6-15(19)14-5-1-2-7-16(14)21(25)26/h1-8,11-12,21H,9-10H2. The predicted octanol–water partition coefficient (Wildman–Crippen LogP) is 5.11. The van der Waals surface area contributed by atoms with Gasteiger partial charge in [0.15, 0.2) is 17.5 Å². The number of para-hydroxylation sites is 1. The van der Waals surface area contributed by atoms with Crippen LogP contribution in [0.5, 0.6) is 0 Å². The molecule has 0 aromatic heterocycles. The molecule has 0 amide bonds. The summed E-state index contributed by atoms with van der Waals surface area (Å²) < 4.78 is 41.0. The first-order valence-corrected chi connectivity index (χ1v) is 8.51. The highest BCUT2D eigenvalue weighted by Gasteiger charge is 2.39. The van der Waals surface area contributed by atoms with Gasteiger partial charge in [-0.1, -0.05) is 42.5 Å². The van der Waals surface area contributed by atoms with Crippen LogP contribution in [0.2, 0.25) is 0 Å². The van der Waals surface area contributed by atoms with E-state index in [9.17, 15) is 13.2 Å². The van der Waals surface area contributed by atoms with E-state index in [1.807, 2.05) is 35.2 Å².